The molecule has 8 heteroatoms. The number of nitro benzene ring substituents is 1. The topological polar surface area (TPSA) is 114 Å². The Morgan fingerprint density at radius 3 is 2.43 bits per heavy atom. The summed E-state index contributed by atoms with van der Waals surface area (Å²) in [6.07, 6.45) is 1.03. The standard InChI is InChI=1S/C13H16N4O4/c1-9(2)15-12(18)7-13(19)16-14-8-10-3-5-11(6-4-10)17(20)21/h3-6,8-9H,7H2,1-2H3,(H,15,18)(H,16,19)/b14-8+. The van der Waals surface area contributed by atoms with Crippen LogP contribution in [0, 0.1) is 10.1 Å². The van der Waals surface area contributed by atoms with E-state index in [9.17, 15) is 19.7 Å². The molecule has 112 valence electrons. The lowest BCUT2D eigenvalue weighted by molar-refractivity contribution is -0.384. The monoisotopic (exact) mass is 292 g/mol. The second kappa shape index (κ2) is 7.73. The molecule has 0 aliphatic rings. The minimum atomic E-state index is -0.536. The van der Waals surface area contributed by atoms with Gasteiger partial charge in [0.25, 0.3) is 5.69 Å². The van der Waals surface area contributed by atoms with Crippen LogP contribution in [0.2, 0.25) is 0 Å². The Bertz CT molecular complexity index is 552. The lowest BCUT2D eigenvalue weighted by Crippen LogP contribution is -2.34. The van der Waals surface area contributed by atoms with Crippen LogP contribution in [0.3, 0.4) is 0 Å². The van der Waals surface area contributed by atoms with Crippen molar-refractivity contribution >= 4 is 23.7 Å². The van der Waals surface area contributed by atoms with E-state index in [1.807, 2.05) is 0 Å². The normalized spacial score (nSPS) is 10.6. The summed E-state index contributed by atoms with van der Waals surface area (Å²) in [6.45, 7) is 3.59. The zero-order valence-corrected chi connectivity index (χ0v) is 11.7. The molecule has 1 rings (SSSR count). The van der Waals surface area contributed by atoms with Gasteiger partial charge in [-0.25, -0.2) is 5.43 Å². The Kier molecular flexibility index (Phi) is 5.99. The van der Waals surface area contributed by atoms with E-state index in [0.29, 0.717) is 5.56 Å². The molecule has 8 nitrogen and oxygen atoms in total. The summed E-state index contributed by atoms with van der Waals surface area (Å²) in [4.78, 5) is 32.7. The van der Waals surface area contributed by atoms with E-state index in [1.54, 1.807) is 13.8 Å². The minimum Gasteiger partial charge on any atom is -0.353 e. The maximum atomic E-state index is 11.4. The van der Waals surface area contributed by atoms with Crippen LogP contribution >= 0.6 is 0 Å². The number of carbonyl (C=O) groups is 2. The maximum Gasteiger partial charge on any atom is 0.269 e. The fourth-order valence-corrected chi connectivity index (χ4v) is 1.42. The Morgan fingerprint density at radius 1 is 1.29 bits per heavy atom. The van der Waals surface area contributed by atoms with Gasteiger partial charge in [0.05, 0.1) is 11.1 Å². The molecule has 0 aromatic heterocycles. The van der Waals surface area contributed by atoms with Crippen LogP contribution in [0.1, 0.15) is 25.8 Å². The first-order valence-electron chi connectivity index (χ1n) is 6.24. The summed E-state index contributed by atoms with van der Waals surface area (Å²) >= 11 is 0. The van der Waals surface area contributed by atoms with Crippen molar-refractivity contribution in [2.45, 2.75) is 26.3 Å². The van der Waals surface area contributed by atoms with Gasteiger partial charge in [-0.15, -0.1) is 0 Å². The number of nitrogens with one attached hydrogen (secondary N) is 2. The number of amides is 2. The van der Waals surface area contributed by atoms with Gasteiger partial charge in [-0.05, 0) is 31.5 Å². The van der Waals surface area contributed by atoms with Crippen molar-refractivity contribution in [1.82, 2.24) is 10.7 Å². The number of hydrogen-bond acceptors (Lipinski definition) is 5. The fraction of sp³-hybridized carbons (Fsp3) is 0.308. The highest BCUT2D eigenvalue weighted by Gasteiger charge is 2.09. The summed E-state index contributed by atoms with van der Waals surface area (Å²) in [5, 5.41) is 16.7. The third-order valence-electron chi connectivity index (χ3n) is 2.28. The molecule has 0 aliphatic heterocycles. The van der Waals surface area contributed by atoms with E-state index in [4.69, 9.17) is 0 Å². The van der Waals surface area contributed by atoms with Gasteiger partial charge in [-0.1, -0.05) is 0 Å². The number of rotatable bonds is 6. The third-order valence-corrected chi connectivity index (χ3v) is 2.28. The van der Waals surface area contributed by atoms with Crippen molar-refractivity contribution in [3.63, 3.8) is 0 Å². The van der Waals surface area contributed by atoms with Crippen LogP contribution in [0.25, 0.3) is 0 Å². The number of nitrogens with zero attached hydrogens (tertiary/aromatic N) is 2. The summed E-state index contributed by atoms with van der Waals surface area (Å²) in [5.41, 5.74) is 2.77. The molecule has 0 fully saturated rings. The van der Waals surface area contributed by atoms with Gasteiger partial charge in [0, 0.05) is 18.2 Å². The lowest BCUT2D eigenvalue weighted by atomic mass is 10.2. The van der Waals surface area contributed by atoms with E-state index in [0.717, 1.165) is 0 Å². The summed E-state index contributed by atoms with van der Waals surface area (Å²) in [6, 6.07) is 5.63. The van der Waals surface area contributed by atoms with Crippen LogP contribution in [0.4, 0.5) is 5.69 Å². The number of hydrazone groups is 1. The van der Waals surface area contributed by atoms with Gasteiger partial charge in [-0.2, -0.15) is 5.10 Å². The second-order valence-corrected chi connectivity index (χ2v) is 4.54. The van der Waals surface area contributed by atoms with Gasteiger partial charge in [0.15, 0.2) is 0 Å². The molecular weight excluding hydrogens is 276 g/mol. The van der Waals surface area contributed by atoms with Crippen molar-refractivity contribution < 1.29 is 14.5 Å². The third kappa shape index (κ3) is 6.28. The number of hydrogen-bond donors (Lipinski definition) is 2. The quantitative estimate of drug-likeness (QED) is 0.352. The molecule has 2 N–H and O–H groups in total. The largest absolute Gasteiger partial charge is 0.353 e. The van der Waals surface area contributed by atoms with E-state index < -0.39 is 10.8 Å². The number of non-ortho nitro benzene ring substituents is 1. The Balaban J connectivity index is 2.45. The molecule has 0 bridgehead atoms. The highest BCUT2D eigenvalue weighted by Crippen LogP contribution is 2.10. The van der Waals surface area contributed by atoms with Gasteiger partial charge in [0.1, 0.15) is 6.42 Å². The number of carbonyl (C=O) groups excluding carboxylic acids is 2. The van der Waals surface area contributed by atoms with Crippen LogP contribution in [0.15, 0.2) is 29.4 Å². The molecule has 0 saturated heterocycles. The number of benzene rings is 1. The number of nitro groups is 1. The zero-order valence-electron chi connectivity index (χ0n) is 11.7. The molecule has 1 aromatic carbocycles. The lowest BCUT2D eigenvalue weighted by Gasteiger charge is -2.06. The SMILES string of the molecule is CC(C)NC(=O)CC(=O)N/N=C/c1ccc([N+](=O)[O-])cc1. The van der Waals surface area contributed by atoms with E-state index in [1.165, 1.54) is 30.5 Å². The molecule has 2 amide bonds. The highest BCUT2D eigenvalue weighted by molar-refractivity contribution is 5.97. The molecule has 1 aromatic rings. The van der Waals surface area contributed by atoms with Gasteiger partial charge in [0.2, 0.25) is 11.8 Å². The van der Waals surface area contributed by atoms with E-state index in [-0.39, 0.29) is 24.1 Å². The van der Waals surface area contributed by atoms with E-state index >= 15 is 0 Å². The minimum absolute atomic E-state index is 0.0263. The predicted octanol–water partition coefficient (Wildman–Crippen LogP) is 0.960. The molecule has 0 spiro atoms. The average molecular weight is 292 g/mol. The molecule has 21 heavy (non-hydrogen) atoms. The van der Waals surface area contributed by atoms with Crippen LogP contribution in [-0.2, 0) is 9.59 Å². The first-order chi connectivity index (χ1) is 9.88. The van der Waals surface area contributed by atoms with Crippen molar-refractivity contribution in [3.05, 3.63) is 39.9 Å². The van der Waals surface area contributed by atoms with Crippen molar-refractivity contribution in [2.24, 2.45) is 5.10 Å². The van der Waals surface area contributed by atoms with Gasteiger partial charge >= 0.3 is 0 Å². The summed E-state index contributed by atoms with van der Waals surface area (Å²) in [5.74, 6) is -0.917. The predicted molar refractivity (Wildman–Crippen MR) is 76.7 cm³/mol. The molecule has 0 aliphatic carbocycles. The van der Waals surface area contributed by atoms with E-state index in [2.05, 4.69) is 15.8 Å². The van der Waals surface area contributed by atoms with Crippen molar-refractivity contribution in [3.8, 4) is 0 Å². The zero-order chi connectivity index (χ0) is 15.8. The Hall–Kier alpha value is -2.77. The first-order valence-corrected chi connectivity index (χ1v) is 6.24. The molecular formula is C13H16N4O4. The fourth-order valence-electron chi connectivity index (χ4n) is 1.42. The van der Waals surface area contributed by atoms with Crippen LogP contribution in [-0.4, -0.2) is 29.0 Å². The smallest absolute Gasteiger partial charge is 0.269 e. The molecule has 0 heterocycles. The first kappa shape index (κ1) is 16.3. The van der Waals surface area contributed by atoms with Crippen molar-refractivity contribution in [2.75, 3.05) is 0 Å². The molecule has 0 saturated carbocycles. The Labute approximate surface area is 121 Å². The molecule has 0 radical (unpaired) electrons. The highest BCUT2D eigenvalue weighted by atomic mass is 16.6. The van der Waals surface area contributed by atoms with Crippen LogP contribution in [0.5, 0.6) is 0 Å². The molecule has 0 unspecified atom stereocenters. The average Bonchev–Trinajstić information content (AvgIpc) is 2.38. The second-order valence-electron chi connectivity index (χ2n) is 4.54. The summed E-state index contributed by atoms with van der Waals surface area (Å²) in [7, 11) is 0. The Morgan fingerprint density at radius 2 is 1.90 bits per heavy atom. The summed E-state index contributed by atoms with van der Waals surface area (Å²) < 4.78 is 0. The molecule has 0 atom stereocenters. The van der Waals surface area contributed by atoms with Gasteiger partial charge < -0.3 is 5.32 Å². The maximum absolute atomic E-state index is 11.4. The van der Waals surface area contributed by atoms with Gasteiger partial charge in [-0.3, -0.25) is 19.7 Å². The van der Waals surface area contributed by atoms with Crippen molar-refractivity contribution in [1.29, 1.82) is 0 Å². The van der Waals surface area contributed by atoms with Crippen LogP contribution < -0.4 is 10.7 Å².